The van der Waals surface area contributed by atoms with Gasteiger partial charge in [-0.3, -0.25) is 4.79 Å². The molecule has 1 aromatic carbocycles. The van der Waals surface area contributed by atoms with Crippen LogP contribution in [-0.4, -0.2) is 38.4 Å². The second-order valence-corrected chi connectivity index (χ2v) is 8.37. The predicted octanol–water partition coefficient (Wildman–Crippen LogP) is 5.18. The molecule has 9 heteroatoms. The Bertz CT molecular complexity index is 1440. The fourth-order valence-corrected chi connectivity index (χ4v) is 4.46. The van der Waals surface area contributed by atoms with E-state index in [9.17, 15) is 4.79 Å². The zero-order chi connectivity index (χ0) is 22.9. The third-order valence-corrected chi connectivity index (χ3v) is 6.40. The van der Waals surface area contributed by atoms with E-state index in [0.717, 1.165) is 27.7 Å². The number of hydrogen-bond acceptors (Lipinski definition) is 8. The Morgan fingerprint density at radius 1 is 1.06 bits per heavy atom. The zero-order valence-corrected chi connectivity index (χ0v) is 19.0. The van der Waals surface area contributed by atoms with Gasteiger partial charge in [0.1, 0.15) is 17.1 Å². The standard InChI is InChI=1S/C24H20N4O4S/c1-14-21(18-10-17(30-3)4-5-19(18)28(14)2)20(29)13-33-24-25-22(15-6-8-31-11-15)23(26-27-24)16-7-9-32-12-16/h4-12H,13H2,1-3H3. The number of carbonyl (C=O) groups is 1. The largest absolute Gasteiger partial charge is 0.497 e. The monoisotopic (exact) mass is 460 g/mol. The minimum Gasteiger partial charge on any atom is -0.497 e. The Hall–Kier alpha value is -3.85. The molecule has 0 radical (unpaired) electrons. The van der Waals surface area contributed by atoms with Gasteiger partial charge in [0, 0.05) is 40.3 Å². The van der Waals surface area contributed by atoms with Crippen molar-refractivity contribution in [2.24, 2.45) is 7.05 Å². The molecular formula is C24H20N4O4S. The maximum Gasteiger partial charge on any atom is 0.210 e. The second-order valence-electron chi connectivity index (χ2n) is 7.43. The number of rotatable bonds is 7. The summed E-state index contributed by atoms with van der Waals surface area (Å²) in [5, 5.41) is 9.87. The number of benzene rings is 1. The number of aryl methyl sites for hydroxylation is 1. The first-order chi connectivity index (χ1) is 16.1. The van der Waals surface area contributed by atoms with E-state index in [-0.39, 0.29) is 11.5 Å². The van der Waals surface area contributed by atoms with E-state index in [0.29, 0.717) is 27.9 Å². The van der Waals surface area contributed by atoms with Gasteiger partial charge < -0.3 is 18.1 Å². The summed E-state index contributed by atoms with van der Waals surface area (Å²) >= 11 is 1.25. The van der Waals surface area contributed by atoms with Crippen molar-refractivity contribution in [3.05, 3.63) is 66.6 Å². The smallest absolute Gasteiger partial charge is 0.210 e. The molecule has 4 aromatic heterocycles. The topological polar surface area (TPSA) is 96.2 Å². The number of fused-ring (bicyclic) bond motifs is 1. The summed E-state index contributed by atoms with van der Waals surface area (Å²) < 4.78 is 17.8. The van der Waals surface area contributed by atoms with Crippen molar-refractivity contribution >= 4 is 28.4 Å². The van der Waals surface area contributed by atoms with Gasteiger partial charge in [0.05, 0.1) is 37.9 Å². The number of ether oxygens (including phenoxy) is 1. The van der Waals surface area contributed by atoms with E-state index in [1.807, 2.05) is 36.7 Å². The normalized spacial score (nSPS) is 11.2. The molecule has 166 valence electrons. The molecule has 0 amide bonds. The molecule has 0 saturated carbocycles. The van der Waals surface area contributed by atoms with Gasteiger partial charge in [-0.05, 0) is 37.3 Å². The fraction of sp³-hybridized carbons (Fsp3) is 0.167. The highest BCUT2D eigenvalue weighted by Gasteiger charge is 2.21. The lowest BCUT2D eigenvalue weighted by Gasteiger charge is -2.06. The molecule has 0 aliphatic rings. The highest BCUT2D eigenvalue weighted by atomic mass is 32.2. The molecule has 0 aliphatic heterocycles. The minimum atomic E-state index is -0.0104. The highest BCUT2D eigenvalue weighted by Crippen LogP contribution is 2.32. The third kappa shape index (κ3) is 3.80. The number of carbonyl (C=O) groups excluding carboxylic acids is 1. The average molecular weight is 461 g/mol. The van der Waals surface area contributed by atoms with Gasteiger partial charge in [-0.15, -0.1) is 10.2 Å². The SMILES string of the molecule is COc1ccc2c(c1)c(C(=O)CSc1nnc(-c3ccoc3)c(-c3ccoc3)n1)c(C)n2C. The summed E-state index contributed by atoms with van der Waals surface area (Å²) in [7, 11) is 3.57. The van der Waals surface area contributed by atoms with E-state index in [1.54, 1.807) is 44.3 Å². The van der Waals surface area contributed by atoms with Crippen molar-refractivity contribution in [3.8, 4) is 28.3 Å². The number of thioether (sulfide) groups is 1. The second kappa shape index (κ2) is 8.59. The van der Waals surface area contributed by atoms with Gasteiger partial charge in [-0.2, -0.15) is 0 Å². The molecule has 5 rings (SSSR count). The van der Waals surface area contributed by atoms with Crippen LogP contribution in [0.25, 0.3) is 33.4 Å². The molecule has 0 spiro atoms. The Labute approximate surface area is 193 Å². The summed E-state index contributed by atoms with van der Waals surface area (Å²) in [5.41, 5.74) is 5.28. The van der Waals surface area contributed by atoms with E-state index >= 15 is 0 Å². The van der Waals surface area contributed by atoms with Crippen LogP contribution in [0.15, 0.2) is 69.4 Å². The van der Waals surface area contributed by atoms with Crippen LogP contribution in [0.1, 0.15) is 16.1 Å². The van der Waals surface area contributed by atoms with Crippen LogP contribution in [0.4, 0.5) is 0 Å². The first-order valence-corrected chi connectivity index (χ1v) is 11.1. The van der Waals surface area contributed by atoms with Gasteiger partial charge in [-0.25, -0.2) is 4.98 Å². The predicted molar refractivity (Wildman–Crippen MR) is 124 cm³/mol. The Kier molecular flexibility index (Phi) is 5.47. The molecule has 0 fully saturated rings. The first-order valence-electron chi connectivity index (χ1n) is 10.2. The Morgan fingerprint density at radius 3 is 2.45 bits per heavy atom. The van der Waals surface area contributed by atoms with Crippen molar-refractivity contribution in [2.45, 2.75) is 12.1 Å². The summed E-state index contributed by atoms with van der Waals surface area (Å²) in [6.07, 6.45) is 6.33. The number of hydrogen-bond donors (Lipinski definition) is 0. The van der Waals surface area contributed by atoms with Crippen LogP contribution < -0.4 is 4.74 Å². The lowest BCUT2D eigenvalue weighted by molar-refractivity contribution is 0.102. The van der Waals surface area contributed by atoms with E-state index in [2.05, 4.69) is 15.2 Å². The van der Waals surface area contributed by atoms with Crippen LogP contribution in [0.5, 0.6) is 5.75 Å². The molecule has 8 nitrogen and oxygen atoms in total. The Morgan fingerprint density at radius 2 is 1.79 bits per heavy atom. The van der Waals surface area contributed by atoms with Gasteiger partial charge >= 0.3 is 0 Å². The van der Waals surface area contributed by atoms with Crippen LogP contribution in [0.2, 0.25) is 0 Å². The quantitative estimate of drug-likeness (QED) is 0.242. The summed E-state index contributed by atoms with van der Waals surface area (Å²) in [5.74, 6) is 0.875. The van der Waals surface area contributed by atoms with Crippen molar-refractivity contribution < 1.29 is 18.4 Å². The highest BCUT2D eigenvalue weighted by molar-refractivity contribution is 7.99. The molecule has 0 unspecified atom stereocenters. The van der Waals surface area contributed by atoms with Gasteiger partial charge in [-0.1, -0.05) is 11.8 Å². The summed E-state index contributed by atoms with van der Waals surface area (Å²) in [6.45, 7) is 1.94. The summed E-state index contributed by atoms with van der Waals surface area (Å²) in [4.78, 5) is 17.9. The minimum absolute atomic E-state index is 0.0104. The van der Waals surface area contributed by atoms with Crippen LogP contribution in [0.3, 0.4) is 0 Å². The van der Waals surface area contributed by atoms with Crippen molar-refractivity contribution in [1.29, 1.82) is 0 Å². The maximum absolute atomic E-state index is 13.3. The van der Waals surface area contributed by atoms with Crippen LogP contribution in [-0.2, 0) is 7.05 Å². The Balaban J connectivity index is 1.45. The zero-order valence-electron chi connectivity index (χ0n) is 18.2. The lowest BCUT2D eigenvalue weighted by Crippen LogP contribution is -2.06. The molecule has 0 atom stereocenters. The molecule has 4 heterocycles. The molecule has 0 N–H and O–H groups in total. The lowest BCUT2D eigenvalue weighted by atomic mass is 10.1. The average Bonchev–Trinajstić information content (AvgIpc) is 3.60. The van der Waals surface area contributed by atoms with E-state index in [1.165, 1.54) is 11.8 Å². The molecule has 0 aliphatic carbocycles. The van der Waals surface area contributed by atoms with Gasteiger partial charge in [0.2, 0.25) is 5.16 Å². The summed E-state index contributed by atoms with van der Waals surface area (Å²) in [6, 6.07) is 9.35. The molecule has 0 bridgehead atoms. The number of aromatic nitrogens is 4. The van der Waals surface area contributed by atoms with Gasteiger partial charge in [0.15, 0.2) is 5.78 Å². The fourth-order valence-electron chi connectivity index (χ4n) is 3.80. The number of ketones is 1. The van der Waals surface area contributed by atoms with Crippen molar-refractivity contribution in [1.82, 2.24) is 19.7 Å². The maximum atomic E-state index is 13.3. The first kappa shape index (κ1) is 21.0. The van der Waals surface area contributed by atoms with E-state index < -0.39 is 0 Å². The molecule has 0 saturated heterocycles. The van der Waals surface area contributed by atoms with Gasteiger partial charge in [0.25, 0.3) is 0 Å². The number of methoxy groups -OCH3 is 1. The number of nitrogens with zero attached hydrogens (tertiary/aromatic N) is 4. The van der Waals surface area contributed by atoms with E-state index in [4.69, 9.17) is 13.6 Å². The molecule has 33 heavy (non-hydrogen) atoms. The number of Topliss-reactive ketones (excluding diaryl/α,β-unsaturated/α-hetero) is 1. The van der Waals surface area contributed by atoms with Crippen LogP contribution in [0, 0.1) is 6.92 Å². The third-order valence-electron chi connectivity index (χ3n) is 5.57. The van der Waals surface area contributed by atoms with Crippen LogP contribution >= 0.6 is 11.8 Å². The molecule has 5 aromatic rings. The molecular weight excluding hydrogens is 440 g/mol. The number of furan rings is 2. The van der Waals surface area contributed by atoms with Crippen molar-refractivity contribution in [2.75, 3.05) is 12.9 Å². The van der Waals surface area contributed by atoms with Crippen molar-refractivity contribution in [3.63, 3.8) is 0 Å².